The summed E-state index contributed by atoms with van der Waals surface area (Å²) in [5.41, 5.74) is 0.784. The molecule has 1 N–H and O–H groups in total. The first-order chi connectivity index (χ1) is 17.2. The number of hydrogen-bond donors (Lipinski definition) is 1. The molecule has 3 aromatic carbocycles. The fourth-order valence-corrected chi connectivity index (χ4v) is 5.73. The Morgan fingerprint density at radius 3 is 1.97 bits per heavy atom. The number of hydrogen-bond acceptors (Lipinski definition) is 4. The van der Waals surface area contributed by atoms with Crippen LogP contribution in [0.4, 0.5) is 5.69 Å². The predicted octanol–water partition coefficient (Wildman–Crippen LogP) is 4.74. The lowest BCUT2D eigenvalue weighted by Crippen LogP contribution is -2.51. The van der Waals surface area contributed by atoms with Crippen LogP contribution in [0, 0.1) is 0 Å². The SMILES string of the molecule is CC[C@@H](C(=O)NC)N(Cc1c(Cl)cccc1Cl)C(=O)CN(c1ccccc1)S(=O)(=O)c1ccccc1. The standard InChI is InChI=1S/C26H27Cl2N3O4S/c1-3-24(26(33)29-2)30(17-21-22(27)15-10-16-23(21)28)25(32)18-31(19-11-6-4-7-12-19)36(34,35)20-13-8-5-9-14-20/h4-16,24H,3,17-18H2,1-2H3,(H,29,33)/t24-/m0/s1. The third-order valence-electron chi connectivity index (χ3n) is 5.68. The van der Waals surface area contributed by atoms with Gasteiger partial charge < -0.3 is 10.2 Å². The molecule has 1 atom stereocenters. The third kappa shape index (κ3) is 6.19. The average molecular weight is 548 g/mol. The number of nitrogens with one attached hydrogen (secondary N) is 1. The van der Waals surface area contributed by atoms with Crippen LogP contribution in [0.1, 0.15) is 18.9 Å². The van der Waals surface area contributed by atoms with Gasteiger partial charge in [-0.1, -0.05) is 72.6 Å². The van der Waals surface area contributed by atoms with E-state index in [0.717, 1.165) is 4.31 Å². The van der Waals surface area contributed by atoms with E-state index in [1.54, 1.807) is 73.7 Å². The number of carbonyl (C=O) groups is 2. The number of para-hydroxylation sites is 1. The normalized spacial score (nSPS) is 12.0. The van der Waals surface area contributed by atoms with Gasteiger partial charge in [-0.2, -0.15) is 0 Å². The van der Waals surface area contributed by atoms with Crippen LogP contribution < -0.4 is 9.62 Å². The molecule has 0 aliphatic heterocycles. The number of rotatable bonds is 10. The maximum absolute atomic E-state index is 13.8. The van der Waals surface area contributed by atoms with Crippen LogP contribution in [0.2, 0.25) is 10.0 Å². The fourth-order valence-electron chi connectivity index (χ4n) is 3.78. The quantitative estimate of drug-likeness (QED) is 0.397. The second-order valence-corrected chi connectivity index (χ2v) is 10.6. The van der Waals surface area contributed by atoms with Crippen LogP contribution >= 0.6 is 23.2 Å². The lowest BCUT2D eigenvalue weighted by Gasteiger charge is -2.33. The van der Waals surface area contributed by atoms with Gasteiger partial charge in [0.05, 0.1) is 10.6 Å². The van der Waals surface area contributed by atoms with Crippen LogP contribution in [-0.4, -0.2) is 44.8 Å². The number of anilines is 1. The van der Waals surface area contributed by atoms with Gasteiger partial charge in [0, 0.05) is 29.2 Å². The van der Waals surface area contributed by atoms with Gasteiger partial charge in [0.25, 0.3) is 10.0 Å². The van der Waals surface area contributed by atoms with Gasteiger partial charge in [-0.25, -0.2) is 8.42 Å². The summed E-state index contributed by atoms with van der Waals surface area (Å²) in [7, 11) is -2.62. The lowest BCUT2D eigenvalue weighted by atomic mass is 10.1. The molecule has 0 aromatic heterocycles. The summed E-state index contributed by atoms with van der Waals surface area (Å²) in [6.45, 7) is 1.16. The number of nitrogens with zero attached hydrogens (tertiary/aromatic N) is 2. The first kappa shape index (κ1) is 27.5. The van der Waals surface area contributed by atoms with Crippen LogP contribution in [0.5, 0.6) is 0 Å². The Balaban J connectivity index is 2.06. The van der Waals surface area contributed by atoms with Gasteiger partial charge in [-0.15, -0.1) is 0 Å². The summed E-state index contributed by atoms with van der Waals surface area (Å²) in [5.74, 6) is -0.962. The second-order valence-electron chi connectivity index (χ2n) is 7.92. The van der Waals surface area contributed by atoms with Crippen molar-refractivity contribution in [1.29, 1.82) is 0 Å². The highest BCUT2D eigenvalue weighted by Gasteiger charge is 2.33. The van der Waals surface area contributed by atoms with E-state index in [2.05, 4.69) is 5.32 Å². The Kier molecular flexibility index (Phi) is 9.37. The van der Waals surface area contributed by atoms with E-state index in [1.807, 2.05) is 0 Å². The molecule has 36 heavy (non-hydrogen) atoms. The van der Waals surface area contributed by atoms with E-state index < -0.39 is 28.5 Å². The summed E-state index contributed by atoms with van der Waals surface area (Å²) in [5, 5.41) is 3.25. The van der Waals surface area contributed by atoms with Crippen molar-refractivity contribution in [2.24, 2.45) is 0 Å². The molecule has 3 aromatic rings. The number of halogens is 2. The third-order valence-corrected chi connectivity index (χ3v) is 8.17. The van der Waals surface area contributed by atoms with E-state index in [-0.39, 0.29) is 17.3 Å². The van der Waals surface area contributed by atoms with Gasteiger partial charge in [0.15, 0.2) is 0 Å². The molecule has 0 saturated heterocycles. The Hall–Kier alpha value is -3.07. The molecule has 0 aliphatic rings. The lowest BCUT2D eigenvalue weighted by molar-refractivity contribution is -0.140. The summed E-state index contributed by atoms with van der Waals surface area (Å²) >= 11 is 12.7. The van der Waals surface area contributed by atoms with E-state index in [4.69, 9.17) is 23.2 Å². The smallest absolute Gasteiger partial charge is 0.264 e. The molecule has 0 fully saturated rings. The first-order valence-electron chi connectivity index (χ1n) is 11.3. The van der Waals surface area contributed by atoms with Crippen molar-refractivity contribution in [1.82, 2.24) is 10.2 Å². The minimum absolute atomic E-state index is 0.0423. The molecule has 0 radical (unpaired) electrons. The van der Waals surface area contributed by atoms with Crippen molar-refractivity contribution in [3.05, 3.63) is 94.5 Å². The topological polar surface area (TPSA) is 86.8 Å². The highest BCUT2D eigenvalue weighted by molar-refractivity contribution is 7.92. The maximum atomic E-state index is 13.8. The molecule has 190 valence electrons. The van der Waals surface area contributed by atoms with Crippen molar-refractivity contribution in [2.45, 2.75) is 30.8 Å². The van der Waals surface area contributed by atoms with Crippen LogP contribution in [-0.2, 0) is 26.2 Å². The van der Waals surface area contributed by atoms with Crippen molar-refractivity contribution in [2.75, 3.05) is 17.9 Å². The molecule has 10 heteroatoms. The predicted molar refractivity (Wildman–Crippen MR) is 143 cm³/mol. The van der Waals surface area contributed by atoms with Crippen molar-refractivity contribution < 1.29 is 18.0 Å². The highest BCUT2D eigenvalue weighted by Crippen LogP contribution is 2.28. The molecule has 0 bridgehead atoms. The number of sulfonamides is 1. The van der Waals surface area contributed by atoms with E-state index >= 15 is 0 Å². The summed E-state index contributed by atoms with van der Waals surface area (Å²) < 4.78 is 28.3. The molecule has 0 heterocycles. The van der Waals surface area contributed by atoms with Crippen LogP contribution in [0.3, 0.4) is 0 Å². The van der Waals surface area contributed by atoms with Gasteiger partial charge in [0.1, 0.15) is 12.6 Å². The second kappa shape index (κ2) is 12.3. The zero-order valence-electron chi connectivity index (χ0n) is 19.9. The van der Waals surface area contributed by atoms with Crippen LogP contribution in [0.15, 0.2) is 83.8 Å². The summed E-state index contributed by atoms with van der Waals surface area (Å²) in [6.07, 6.45) is 0.296. The van der Waals surface area contributed by atoms with Gasteiger partial charge in [-0.3, -0.25) is 13.9 Å². The molecular weight excluding hydrogens is 521 g/mol. The molecular formula is C26H27Cl2N3O4S. The zero-order chi connectivity index (χ0) is 26.3. The maximum Gasteiger partial charge on any atom is 0.264 e. The average Bonchev–Trinajstić information content (AvgIpc) is 2.89. The summed E-state index contributed by atoms with van der Waals surface area (Å²) in [6, 6.07) is 20.3. The van der Waals surface area contributed by atoms with E-state index in [0.29, 0.717) is 27.7 Å². The van der Waals surface area contributed by atoms with Gasteiger partial charge in [-0.05, 0) is 42.8 Å². The van der Waals surface area contributed by atoms with Crippen molar-refractivity contribution in [3.63, 3.8) is 0 Å². The van der Waals surface area contributed by atoms with Gasteiger partial charge in [0.2, 0.25) is 11.8 Å². The fraction of sp³-hybridized carbons (Fsp3) is 0.231. The van der Waals surface area contributed by atoms with E-state index in [9.17, 15) is 18.0 Å². The number of likely N-dealkylation sites (N-methyl/N-ethyl adjacent to an activating group) is 1. The minimum Gasteiger partial charge on any atom is -0.357 e. The molecule has 0 aliphatic carbocycles. The van der Waals surface area contributed by atoms with Crippen molar-refractivity contribution >= 4 is 50.7 Å². The molecule has 7 nitrogen and oxygen atoms in total. The Labute approximate surface area is 221 Å². The Bertz CT molecular complexity index is 1290. The molecule has 2 amide bonds. The van der Waals surface area contributed by atoms with E-state index in [1.165, 1.54) is 24.1 Å². The highest BCUT2D eigenvalue weighted by atomic mass is 35.5. The van der Waals surface area contributed by atoms with Gasteiger partial charge >= 0.3 is 0 Å². The monoisotopic (exact) mass is 547 g/mol. The zero-order valence-corrected chi connectivity index (χ0v) is 22.2. The molecule has 0 saturated carbocycles. The number of benzene rings is 3. The number of carbonyl (C=O) groups excluding carboxylic acids is 2. The number of amides is 2. The minimum atomic E-state index is -4.10. The summed E-state index contributed by atoms with van der Waals surface area (Å²) in [4.78, 5) is 27.9. The van der Waals surface area contributed by atoms with Crippen LogP contribution in [0.25, 0.3) is 0 Å². The Morgan fingerprint density at radius 2 is 1.44 bits per heavy atom. The molecule has 3 rings (SSSR count). The van der Waals surface area contributed by atoms with Crippen molar-refractivity contribution in [3.8, 4) is 0 Å². The first-order valence-corrected chi connectivity index (χ1v) is 13.5. The largest absolute Gasteiger partial charge is 0.357 e. The molecule has 0 spiro atoms. The Morgan fingerprint density at radius 1 is 0.889 bits per heavy atom. The molecule has 0 unspecified atom stereocenters.